The number of ether oxygens (including phenoxy) is 1. The van der Waals surface area contributed by atoms with Crippen molar-refractivity contribution in [2.45, 2.75) is 19.7 Å². The first kappa shape index (κ1) is 16.9. The number of nitrogens with zero attached hydrogens (tertiary/aromatic N) is 2. The second-order valence-electron chi connectivity index (χ2n) is 4.90. The number of aromatic nitrogens is 3. The topological polar surface area (TPSA) is 79.9 Å². The number of H-pyrrole nitrogens is 1. The molecule has 1 atom stereocenters. The molecule has 1 heterocycles. The fourth-order valence-electron chi connectivity index (χ4n) is 1.68. The van der Waals surface area contributed by atoms with E-state index in [2.05, 4.69) is 15.4 Å². The van der Waals surface area contributed by atoms with Gasteiger partial charge in [-0.2, -0.15) is 18.2 Å². The molecule has 0 fully saturated rings. The van der Waals surface area contributed by atoms with E-state index in [1.807, 2.05) is 30.3 Å². The van der Waals surface area contributed by atoms with E-state index in [4.69, 9.17) is 4.74 Å². The lowest BCUT2D eigenvalue weighted by atomic mass is 10.2. The van der Waals surface area contributed by atoms with Crippen LogP contribution < -0.4 is 5.32 Å². The number of halogens is 3. The summed E-state index contributed by atoms with van der Waals surface area (Å²) in [7, 11) is 0. The standard InChI is InChI=1S/C14H15F3N4O2/c1-9(7-23-8-10-5-3-2-4-6-10)11(22)18-13-19-12(20-21-13)14(15,16)17/h2-6,9H,7-8H2,1H3,(H2,18,19,20,21,22)/t9-/m1/s1. The highest BCUT2D eigenvalue weighted by molar-refractivity contribution is 5.90. The quantitative estimate of drug-likeness (QED) is 0.854. The largest absolute Gasteiger partial charge is 0.451 e. The van der Waals surface area contributed by atoms with Gasteiger partial charge in [-0.15, -0.1) is 5.10 Å². The van der Waals surface area contributed by atoms with E-state index in [9.17, 15) is 18.0 Å². The third-order valence-electron chi connectivity index (χ3n) is 2.92. The molecule has 0 aliphatic carbocycles. The van der Waals surface area contributed by atoms with E-state index in [1.54, 1.807) is 12.0 Å². The molecule has 124 valence electrons. The van der Waals surface area contributed by atoms with Gasteiger partial charge in [0.05, 0.1) is 19.1 Å². The summed E-state index contributed by atoms with van der Waals surface area (Å²) in [5.74, 6) is -2.77. The second-order valence-corrected chi connectivity index (χ2v) is 4.90. The predicted octanol–water partition coefficient (Wildman–Crippen LogP) is 2.61. The predicted molar refractivity (Wildman–Crippen MR) is 75.3 cm³/mol. The normalized spacial score (nSPS) is 12.9. The highest BCUT2D eigenvalue weighted by Crippen LogP contribution is 2.26. The van der Waals surface area contributed by atoms with Gasteiger partial charge < -0.3 is 4.74 Å². The van der Waals surface area contributed by atoms with Crippen LogP contribution in [-0.4, -0.2) is 27.7 Å². The van der Waals surface area contributed by atoms with Crippen LogP contribution in [0.15, 0.2) is 30.3 Å². The van der Waals surface area contributed by atoms with Crippen LogP contribution in [0.5, 0.6) is 0 Å². The molecule has 0 saturated heterocycles. The Morgan fingerprint density at radius 3 is 2.65 bits per heavy atom. The van der Waals surface area contributed by atoms with Crippen LogP contribution in [0.1, 0.15) is 18.3 Å². The summed E-state index contributed by atoms with van der Waals surface area (Å²) in [6.07, 6.45) is -4.64. The minimum Gasteiger partial charge on any atom is -0.376 e. The van der Waals surface area contributed by atoms with Gasteiger partial charge in [0.2, 0.25) is 17.7 Å². The summed E-state index contributed by atoms with van der Waals surface area (Å²) >= 11 is 0. The number of rotatable bonds is 6. The highest BCUT2D eigenvalue weighted by Gasteiger charge is 2.35. The number of anilines is 1. The Hall–Kier alpha value is -2.42. The van der Waals surface area contributed by atoms with Crippen molar-refractivity contribution in [2.75, 3.05) is 11.9 Å². The fraction of sp³-hybridized carbons (Fsp3) is 0.357. The van der Waals surface area contributed by atoms with E-state index in [-0.39, 0.29) is 6.61 Å². The van der Waals surface area contributed by atoms with Crippen LogP contribution in [0.4, 0.5) is 19.1 Å². The molecular weight excluding hydrogens is 313 g/mol. The third-order valence-corrected chi connectivity index (χ3v) is 2.92. The molecule has 2 aromatic rings. The lowest BCUT2D eigenvalue weighted by Crippen LogP contribution is -2.25. The number of nitrogens with one attached hydrogen (secondary N) is 2. The number of benzene rings is 1. The zero-order valence-electron chi connectivity index (χ0n) is 12.2. The molecule has 9 heteroatoms. The third kappa shape index (κ3) is 5.06. The maximum atomic E-state index is 12.4. The van der Waals surface area contributed by atoms with Gasteiger partial charge in [-0.25, -0.2) is 0 Å². The number of aromatic amines is 1. The van der Waals surface area contributed by atoms with Crippen LogP contribution in [0.2, 0.25) is 0 Å². The molecule has 6 nitrogen and oxygen atoms in total. The average molecular weight is 328 g/mol. The van der Waals surface area contributed by atoms with Crippen molar-refractivity contribution in [1.29, 1.82) is 0 Å². The molecule has 0 bridgehead atoms. The summed E-state index contributed by atoms with van der Waals surface area (Å²) in [6.45, 7) is 2.06. The maximum Gasteiger partial charge on any atom is 0.451 e. The van der Waals surface area contributed by atoms with E-state index < -0.39 is 29.8 Å². The Balaban J connectivity index is 1.79. The molecule has 0 unspecified atom stereocenters. The van der Waals surface area contributed by atoms with Crippen molar-refractivity contribution in [3.8, 4) is 0 Å². The van der Waals surface area contributed by atoms with Crippen LogP contribution in [0, 0.1) is 5.92 Å². The van der Waals surface area contributed by atoms with Gasteiger partial charge in [0.25, 0.3) is 0 Å². The molecule has 2 rings (SSSR count). The number of hydrogen-bond acceptors (Lipinski definition) is 4. The number of carbonyl (C=O) groups excluding carboxylic acids is 1. The number of hydrogen-bond donors (Lipinski definition) is 2. The van der Waals surface area contributed by atoms with Crippen molar-refractivity contribution >= 4 is 11.9 Å². The van der Waals surface area contributed by atoms with Gasteiger partial charge in [-0.1, -0.05) is 37.3 Å². The number of carbonyl (C=O) groups is 1. The molecule has 1 amide bonds. The van der Waals surface area contributed by atoms with Gasteiger partial charge in [0.15, 0.2) is 0 Å². The number of alkyl halides is 3. The molecule has 2 N–H and O–H groups in total. The van der Waals surface area contributed by atoms with Crippen molar-refractivity contribution < 1.29 is 22.7 Å². The molecule has 0 spiro atoms. The SMILES string of the molecule is C[C@H](COCc1ccccc1)C(=O)Nc1n[nH]c(C(F)(F)F)n1. The van der Waals surface area contributed by atoms with Crippen LogP contribution in [-0.2, 0) is 22.3 Å². The summed E-state index contributed by atoms with van der Waals surface area (Å²) in [6, 6.07) is 9.40. The Bertz CT molecular complexity index is 643. The van der Waals surface area contributed by atoms with E-state index >= 15 is 0 Å². The van der Waals surface area contributed by atoms with Crippen LogP contribution in [0.3, 0.4) is 0 Å². The fourth-order valence-corrected chi connectivity index (χ4v) is 1.68. The Morgan fingerprint density at radius 1 is 1.35 bits per heavy atom. The summed E-state index contributed by atoms with van der Waals surface area (Å²) in [5, 5.41) is 7.24. The molecule has 1 aromatic carbocycles. The lowest BCUT2D eigenvalue weighted by Gasteiger charge is -2.11. The van der Waals surface area contributed by atoms with Gasteiger partial charge in [0.1, 0.15) is 0 Å². The molecule has 0 aliphatic heterocycles. The Morgan fingerprint density at radius 2 is 2.04 bits per heavy atom. The van der Waals surface area contributed by atoms with Crippen LogP contribution in [0.25, 0.3) is 0 Å². The molecule has 23 heavy (non-hydrogen) atoms. The molecule has 0 aliphatic rings. The van der Waals surface area contributed by atoms with E-state index in [0.717, 1.165) is 5.56 Å². The van der Waals surface area contributed by atoms with Crippen LogP contribution >= 0.6 is 0 Å². The highest BCUT2D eigenvalue weighted by atomic mass is 19.4. The maximum absolute atomic E-state index is 12.4. The Kier molecular flexibility index (Phi) is 5.32. The van der Waals surface area contributed by atoms with Crippen molar-refractivity contribution in [1.82, 2.24) is 15.2 Å². The zero-order chi connectivity index (χ0) is 16.9. The molecule has 1 aromatic heterocycles. The molecular formula is C14H15F3N4O2. The van der Waals surface area contributed by atoms with Gasteiger partial charge in [-0.05, 0) is 5.56 Å². The van der Waals surface area contributed by atoms with E-state index in [1.165, 1.54) is 0 Å². The van der Waals surface area contributed by atoms with Crippen molar-refractivity contribution in [3.05, 3.63) is 41.7 Å². The monoisotopic (exact) mass is 328 g/mol. The average Bonchev–Trinajstić information content (AvgIpc) is 2.97. The lowest BCUT2D eigenvalue weighted by molar-refractivity contribution is -0.144. The second kappa shape index (κ2) is 7.23. The first-order valence-corrected chi connectivity index (χ1v) is 6.78. The minimum absolute atomic E-state index is 0.122. The molecule has 0 radical (unpaired) electrons. The molecule has 0 saturated carbocycles. The van der Waals surface area contributed by atoms with E-state index in [0.29, 0.717) is 6.61 Å². The minimum atomic E-state index is -4.64. The van der Waals surface area contributed by atoms with Gasteiger partial charge in [0, 0.05) is 0 Å². The smallest absolute Gasteiger partial charge is 0.376 e. The first-order valence-electron chi connectivity index (χ1n) is 6.78. The van der Waals surface area contributed by atoms with Crippen molar-refractivity contribution in [2.24, 2.45) is 5.92 Å². The summed E-state index contributed by atoms with van der Waals surface area (Å²) in [4.78, 5) is 15.0. The zero-order valence-corrected chi connectivity index (χ0v) is 12.2. The number of amides is 1. The summed E-state index contributed by atoms with van der Waals surface area (Å²) < 4.78 is 42.5. The van der Waals surface area contributed by atoms with Gasteiger partial charge in [-0.3, -0.25) is 15.2 Å². The van der Waals surface area contributed by atoms with Gasteiger partial charge >= 0.3 is 6.18 Å². The summed E-state index contributed by atoms with van der Waals surface area (Å²) in [5.41, 5.74) is 0.962. The Labute approximate surface area is 130 Å². The first-order chi connectivity index (χ1) is 10.9. The van der Waals surface area contributed by atoms with Crippen molar-refractivity contribution in [3.63, 3.8) is 0 Å².